The number of unbranched alkanes of at least 4 members (excludes halogenated alkanes) is 1. The molecule has 6 aliphatic heterocycles. The second-order valence-electron chi connectivity index (χ2n) is 9.76. The fraction of sp³-hybridized carbons (Fsp3) is 0.783. The first-order valence-electron chi connectivity index (χ1n) is 11.3. The summed E-state index contributed by atoms with van der Waals surface area (Å²) in [4.78, 5) is 15.0. The van der Waals surface area contributed by atoms with Crippen LogP contribution in [0, 0.1) is 17.8 Å². The Kier molecular flexibility index (Phi) is 3.98. The van der Waals surface area contributed by atoms with E-state index in [0.29, 0.717) is 29.1 Å². The van der Waals surface area contributed by atoms with E-state index in [0.717, 1.165) is 51.0 Å². The van der Waals surface area contributed by atoms with Gasteiger partial charge >= 0.3 is 5.97 Å². The fourth-order valence-electron chi connectivity index (χ4n) is 7.83. The summed E-state index contributed by atoms with van der Waals surface area (Å²) in [5, 5.41) is 0. The van der Waals surface area contributed by atoms with Crippen LogP contribution in [0.4, 0.5) is 0 Å². The molecule has 5 bridgehead atoms. The van der Waals surface area contributed by atoms with Gasteiger partial charge in [-0.15, -0.1) is 0 Å². The number of cyclic esters (lactones) is 1. The highest BCUT2D eigenvalue weighted by atomic mass is 16.7. The monoisotopic (exact) mass is 417 g/mol. The number of allylic oxidation sites excluding steroid dienone is 1. The maximum atomic E-state index is 12.2. The normalized spacial score (nSPS) is 49.8. The molecule has 7 nitrogen and oxygen atoms in total. The van der Waals surface area contributed by atoms with Gasteiger partial charge in [-0.1, -0.05) is 6.92 Å². The molecule has 8 atom stereocenters. The molecular formula is C23H31NO6. The molecule has 0 radical (unpaired) electrons. The second kappa shape index (κ2) is 6.24. The summed E-state index contributed by atoms with van der Waals surface area (Å²) in [6.45, 7) is 5.88. The lowest BCUT2D eigenvalue weighted by molar-refractivity contribution is -0.256. The van der Waals surface area contributed by atoms with Gasteiger partial charge in [-0.05, 0) is 45.6 Å². The Morgan fingerprint density at radius 2 is 2.10 bits per heavy atom. The molecule has 5 saturated heterocycles. The van der Waals surface area contributed by atoms with Gasteiger partial charge in [0, 0.05) is 31.6 Å². The molecule has 1 spiro atoms. The zero-order valence-electron chi connectivity index (χ0n) is 18.2. The number of nitrogens with zero attached hydrogens (tertiary/aromatic N) is 1. The van der Waals surface area contributed by atoms with Crippen LogP contribution in [0.3, 0.4) is 0 Å². The van der Waals surface area contributed by atoms with Gasteiger partial charge in [0.2, 0.25) is 11.5 Å². The van der Waals surface area contributed by atoms with Crippen molar-refractivity contribution in [2.75, 3.05) is 27.4 Å². The molecular weight excluding hydrogens is 386 g/mol. The van der Waals surface area contributed by atoms with Gasteiger partial charge in [0.05, 0.1) is 30.2 Å². The zero-order chi connectivity index (χ0) is 20.8. The van der Waals surface area contributed by atoms with Crippen LogP contribution in [0.15, 0.2) is 22.9 Å². The lowest BCUT2D eigenvalue weighted by atomic mass is 9.69. The highest BCUT2D eigenvalue weighted by molar-refractivity contribution is 5.93. The maximum absolute atomic E-state index is 12.2. The second-order valence-corrected chi connectivity index (χ2v) is 9.76. The Morgan fingerprint density at radius 3 is 2.87 bits per heavy atom. The molecule has 0 amide bonds. The van der Waals surface area contributed by atoms with E-state index in [1.54, 1.807) is 21.1 Å². The molecule has 0 aliphatic carbocycles. The highest BCUT2D eigenvalue weighted by Gasteiger charge is 2.84. The van der Waals surface area contributed by atoms with Crippen molar-refractivity contribution in [3.8, 4) is 0 Å². The van der Waals surface area contributed by atoms with Gasteiger partial charge in [-0.25, -0.2) is 4.79 Å². The zero-order valence-corrected chi connectivity index (χ0v) is 18.2. The molecule has 0 saturated carbocycles. The summed E-state index contributed by atoms with van der Waals surface area (Å²) in [5.74, 6) is 1.47. The number of carbonyl (C=O) groups excluding carboxylic acids is 1. The summed E-state index contributed by atoms with van der Waals surface area (Å²) < 4.78 is 30.0. The van der Waals surface area contributed by atoms with Gasteiger partial charge < -0.3 is 23.7 Å². The molecule has 0 aromatic heterocycles. The Hall–Kier alpha value is -1.57. The van der Waals surface area contributed by atoms with Crippen LogP contribution in [-0.2, 0) is 28.5 Å². The summed E-state index contributed by atoms with van der Waals surface area (Å²) in [6, 6.07) is 0.464. The van der Waals surface area contributed by atoms with Crippen molar-refractivity contribution in [3.63, 3.8) is 0 Å². The average Bonchev–Trinajstić information content (AvgIpc) is 3.43. The number of carbonyl (C=O) groups is 1. The van der Waals surface area contributed by atoms with Crippen molar-refractivity contribution in [2.45, 2.75) is 69.4 Å². The third kappa shape index (κ3) is 2.00. The number of fused-ring (bicyclic) bond motifs is 1. The summed E-state index contributed by atoms with van der Waals surface area (Å²) >= 11 is 0. The molecule has 5 fully saturated rings. The maximum Gasteiger partial charge on any atom is 0.343 e. The Morgan fingerprint density at radius 1 is 1.27 bits per heavy atom. The molecule has 7 heteroatoms. The number of rotatable bonds is 6. The lowest BCUT2D eigenvalue weighted by Crippen LogP contribution is -2.61. The third-order valence-corrected chi connectivity index (χ3v) is 8.77. The summed E-state index contributed by atoms with van der Waals surface area (Å²) in [5.41, 5.74) is 0.592. The molecule has 0 N–H and O–H groups in total. The molecule has 0 aromatic rings. The van der Waals surface area contributed by atoms with E-state index in [9.17, 15) is 4.79 Å². The van der Waals surface area contributed by atoms with E-state index in [1.165, 1.54) is 0 Å². The fourth-order valence-corrected chi connectivity index (χ4v) is 7.83. The first kappa shape index (κ1) is 19.1. The SMILES string of the molecule is COCCCC[C@@]12[C@@H]3C[C@H]4[C@H]5[C@@H](C)C(=C6OC(=O)C(C)=C6OC)O[C@]5(O3)[C@@H]1CCN42. The van der Waals surface area contributed by atoms with Gasteiger partial charge in [0.15, 0.2) is 5.76 Å². The minimum absolute atomic E-state index is 0.0942. The summed E-state index contributed by atoms with van der Waals surface area (Å²) in [7, 11) is 3.35. The largest absolute Gasteiger partial charge is 0.492 e. The molecule has 6 aliphatic rings. The Bertz CT molecular complexity index is 866. The average molecular weight is 418 g/mol. The van der Waals surface area contributed by atoms with Crippen LogP contribution >= 0.6 is 0 Å². The van der Waals surface area contributed by atoms with E-state index in [4.69, 9.17) is 23.7 Å². The number of hydrogen-bond acceptors (Lipinski definition) is 7. The van der Waals surface area contributed by atoms with E-state index in [1.807, 2.05) is 0 Å². The standard InChI is InChI=1S/C23H31NO6/c1-12-17-14-11-16-22(8-5-6-10-26-3)15(7-9-24(14)22)23(17,29-16)30-19(12)20-18(27-4)13(2)21(25)28-20/h12,14-17H,5-11H2,1-4H3/t12-,14+,15-,16+,17-,22+,23-/m1/s1. The van der Waals surface area contributed by atoms with E-state index >= 15 is 0 Å². The van der Waals surface area contributed by atoms with Gasteiger partial charge in [0.25, 0.3) is 0 Å². The van der Waals surface area contributed by atoms with Crippen LogP contribution in [0.25, 0.3) is 0 Å². The van der Waals surface area contributed by atoms with Crippen LogP contribution in [0.2, 0.25) is 0 Å². The number of hydrogen-bond donors (Lipinski definition) is 0. The van der Waals surface area contributed by atoms with Gasteiger partial charge in [0.1, 0.15) is 5.76 Å². The predicted octanol–water partition coefficient (Wildman–Crippen LogP) is 2.72. The van der Waals surface area contributed by atoms with Crippen molar-refractivity contribution >= 4 is 5.97 Å². The van der Waals surface area contributed by atoms with Crippen LogP contribution in [-0.4, -0.2) is 61.7 Å². The highest BCUT2D eigenvalue weighted by Crippen LogP contribution is 2.73. The van der Waals surface area contributed by atoms with Crippen molar-refractivity contribution in [2.24, 2.45) is 17.8 Å². The minimum atomic E-state index is -0.592. The van der Waals surface area contributed by atoms with E-state index < -0.39 is 5.79 Å². The van der Waals surface area contributed by atoms with Crippen molar-refractivity contribution < 1.29 is 28.5 Å². The van der Waals surface area contributed by atoms with Gasteiger partial charge in [-0.2, -0.15) is 0 Å². The third-order valence-electron chi connectivity index (χ3n) is 8.77. The van der Waals surface area contributed by atoms with Crippen molar-refractivity contribution in [1.29, 1.82) is 0 Å². The van der Waals surface area contributed by atoms with Crippen LogP contribution < -0.4 is 0 Å². The van der Waals surface area contributed by atoms with Crippen molar-refractivity contribution in [3.05, 3.63) is 22.9 Å². The first-order chi connectivity index (χ1) is 14.5. The van der Waals surface area contributed by atoms with Crippen LogP contribution in [0.1, 0.15) is 46.0 Å². The number of esters is 1. The molecule has 6 rings (SSSR count). The van der Waals surface area contributed by atoms with Gasteiger partial charge in [-0.3, -0.25) is 4.90 Å². The molecule has 0 aromatic carbocycles. The predicted molar refractivity (Wildman–Crippen MR) is 106 cm³/mol. The minimum Gasteiger partial charge on any atom is -0.492 e. The van der Waals surface area contributed by atoms with E-state index in [-0.39, 0.29) is 29.4 Å². The number of methoxy groups -OCH3 is 2. The molecule has 1 unspecified atom stereocenters. The molecule has 6 heterocycles. The number of piperidine rings is 1. The van der Waals surface area contributed by atoms with Crippen LogP contribution in [0.5, 0.6) is 0 Å². The lowest BCUT2D eigenvalue weighted by Gasteiger charge is -2.48. The Balaban J connectivity index is 1.38. The Labute approximate surface area is 177 Å². The number of ether oxygens (including phenoxy) is 5. The van der Waals surface area contributed by atoms with E-state index in [2.05, 4.69) is 11.8 Å². The summed E-state index contributed by atoms with van der Waals surface area (Å²) in [6.07, 6.45) is 5.78. The topological polar surface area (TPSA) is 66.5 Å². The first-order valence-corrected chi connectivity index (χ1v) is 11.3. The molecule has 164 valence electrons. The smallest absolute Gasteiger partial charge is 0.343 e. The quantitative estimate of drug-likeness (QED) is 0.486. The molecule has 30 heavy (non-hydrogen) atoms. The van der Waals surface area contributed by atoms with Crippen molar-refractivity contribution in [1.82, 2.24) is 4.90 Å².